The van der Waals surface area contributed by atoms with Gasteiger partial charge in [-0.15, -0.1) is 11.8 Å². The Balaban J connectivity index is 2.62. The standard InChI is InChI=1S/C13H26NS/c1-12(2)9-14(4)10-13(3)7-5-6-8-15-11-14/h5,7,12-13H,6,8-11H2,1-4H3/q+1/b7-5-/t13-,14?/m1/s1. The fraction of sp³-hybridized carbons (Fsp3) is 0.846. The van der Waals surface area contributed by atoms with Gasteiger partial charge in [-0.2, -0.15) is 0 Å². The molecule has 1 nitrogen and oxygen atoms in total. The van der Waals surface area contributed by atoms with Crippen molar-refractivity contribution in [2.75, 3.05) is 31.8 Å². The Morgan fingerprint density at radius 1 is 1.47 bits per heavy atom. The van der Waals surface area contributed by atoms with Gasteiger partial charge in [0.05, 0.1) is 20.1 Å². The van der Waals surface area contributed by atoms with E-state index in [2.05, 4.69) is 51.7 Å². The van der Waals surface area contributed by atoms with Crippen molar-refractivity contribution in [1.29, 1.82) is 0 Å². The van der Waals surface area contributed by atoms with Gasteiger partial charge in [-0.3, -0.25) is 0 Å². The molecule has 2 heteroatoms. The zero-order valence-electron chi connectivity index (χ0n) is 10.7. The average molecular weight is 228 g/mol. The lowest BCUT2D eigenvalue weighted by Gasteiger charge is -2.37. The van der Waals surface area contributed by atoms with Crippen molar-refractivity contribution in [2.45, 2.75) is 27.2 Å². The van der Waals surface area contributed by atoms with Gasteiger partial charge in [0.15, 0.2) is 0 Å². The van der Waals surface area contributed by atoms with Crippen LogP contribution in [0.25, 0.3) is 0 Å². The number of hydrogen-bond donors (Lipinski definition) is 0. The summed E-state index contributed by atoms with van der Waals surface area (Å²) in [5.41, 5.74) is 0. The van der Waals surface area contributed by atoms with E-state index in [1.165, 1.54) is 35.6 Å². The lowest BCUT2D eigenvalue weighted by molar-refractivity contribution is -0.902. The van der Waals surface area contributed by atoms with Gasteiger partial charge in [-0.1, -0.05) is 32.9 Å². The molecule has 88 valence electrons. The molecule has 1 aliphatic rings. The van der Waals surface area contributed by atoms with Gasteiger partial charge in [0, 0.05) is 17.6 Å². The quantitative estimate of drug-likeness (QED) is 0.516. The zero-order chi connectivity index (χ0) is 11.3. The molecule has 0 amide bonds. The SMILES string of the molecule is CC(C)C[N+]1(C)CSCC/C=C\[C@@H](C)C1. The number of thioether (sulfide) groups is 1. The van der Waals surface area contributed by atoms with Crippen molar-refractivity contribution < 1.29 is 4.48 Å². The summed E-state index contributed by atoms with van der Waals surface area (Å²) in [5.74, 6) is 4.10. The van der Waals surface area contributed by atoms with E-state index in [1.807, 2.05) is 0 Å². The van der Waals surface area contributed by atoms with E-state index < -0.39 is 0 Å². The summed E-state index contributed by atoms with van der Waals surface area (Å²) < 4.78 is 1.23. The number of hydrogen-bond acceptors (Lipinski definition) is 1. The normalized spacial score (nSPS) is 35.7. The fourth-order valence-electron chi connectivity index (χ4n) is 2.58. The third-order valence-electron chi connectivity index (χ3n) is 2.83. The summed E-state index contributed by atoms with van der Waals surface area (Å²) >= 11 is 2.11. The second kappa shape index (κ2) is 5.95. The van der Waals surface area contributed by atoms with E-state index >= 15 is 0 Å². The first kappa shape index (κ1) is 13.1. The van der Waals surface area contributed by atoms with Gasteiger partial charge >= 0.3 is 0 Å². The molecule has 0 aromatic carbocycles. The molecule has 0 saturated heterocycles. The molecule has 0 N–H and O–H groups in total. The van der Waals surface area contributed by atoms with Crippen LogP contribution in [-0.2, 0) is 0 Å². The summed E-state index contributed by atoms with van der Waals surface area (Å²) in [6, 6.07) is 0. The molecule has 0 aromatic heterocycles. The van der Waals surface area contributed by atoms with E-state index in [4.69, 9.17) is 0 Å². The first-order valence-electron chi connectivity index (χ1n) is 6.10. The highest BCUT2D eigenvalue weighted by atomic mass is 32.2. The van der Waals surface area contributed by atoms with Crippen LogP contribution in [0.2, 0.25) is 0 Å². The number of allylic oxidation sites excluding steroid dienone is 1. The van der Waals surface area contributed by atoms with Crippen molar-refractivity contribution >= 4 is 11.8 Å². The summed E-state index contributed by atoms with van der Waals surface area (Å²) in [4.78, 5) is 0. The molecular formula is C13H26NS+. The minimum Gasteiger partial charge on any atom is -0.317 e. The van der Waals surface area contributed by atoms with Crippen LogP contribution < -0.4 is 0 Å². The van der Waals surface area contributed by atoms with Gasteiger partial charge < -0.3 is 4.48 Å². The zero-order valence-corrected chi connectivity index (χ0v) is 11.5. The topological polar surface area (TPSA) is 0 Å². The molecule has 15 heavy (non-hydrogen) atoms. The third-order valence-corrected chi connectivity index (χ3v) is 4.16. The van der Waals surface area contributed by atoms with Crippen LogP contribution in [0.3, 0.4) is 0 Å². The largest absolute Gasteiger partial charge is 0.317 e. The average Bonchev–Trinajstić information content (AvgIpc) is 2.14. The van der Waals surface area contributed by atoms with E-state index in [0.717, 1.165) is 11.8 Å². The van der Waals surface area contributed by atoms with Gasteiger partial charge in [0.25, 0.3) is 0 Å². The molecule has 0 bridgehead atoms. The minimum absolute atomic E-state index is 0.729. The monoisotopic (exact) mass is 228 g/mol. The van der Waals surface area contributed by atoms with Crippen molar-refractivity contribution in [3.8, 4) is 0 Å². The van der Waals surface area contributed by atoms with Crippen LogP contribution >= 0.6 is 11.8 Å². The molecule has 0 aromatic rings. The van der Waals surface area contributed by atoms with E-state index in [0.29, 0.717) is 0 Å². The van der Waals surface area contributed by atoms with Crippen molar-refractivity contribution in [3.63, 3.8) is 0 Å². The second-order valence-corrected chi connectivity index (χ2v) is 6.68. The molecule has 2 atom stereocenters. The maximum absolute atomic E-state index is 2.42. The second-order valence-electron chi connectivity index (χ2n) is 5.61. The number of nitrogens with zero attached hydrogens (tertiary/aromatic N) is 1. The number of rotatable bonds is 2. The first-order valence-corrected chi connectivity index (χ1v) is 7.25. The predicted molar refractivity (Wildman–Crippen MR) is 71.0 cm³/mol. The Kier molecular flexibility index (Phi) is 5.20. The van der Waals surface area contributed by atoms with Crippen LogP contribution in [0.15, 0.2) is 12.2 Å². The van der Waals surface area contributed by atoms with Gasteiger partial charge in [0.1, 0.15) is 5.88 Å². The van der Waals surface area contributed by atoms with Crippen LogP contribution in [0.1, 0.15) is 27.2 Å². The molecule has 0 radical (unpaired) electrons. The lowest BCUT2D eigenvalue weighted by Crippen LogP contribution is -2.48. The third kappa shape index (κ3) is 5.07. The molecule has 0 spiro atoms. The predicted octanol–water partition coefficient (Wildman–Crippen LogP) is 3.38. The molecule has 1 heterocycles. The fourth-order valence-corrected chi connectivity index (χ4v) is 3.67. The van der Waals surface area contributed by atoms with E-state index in [-0.39, 0.29) is 0 Å². The molecule has 1 aliphatic heterocycles. The van der Waals surface area contributed by atoms with Crippen molar-refractivity contribution in [1.82, 2.24) is 0 Å². The van der Waals surface area contributed by atoms with Crippen LogP contribution in [-0.4, -0.2) is 36.2 Å². The maximum Gasteiger partial charge on any atom is 0.125 e. The highest BCUT2D eigenvalue weighted by Gasteiger charge is 2.25. The number of quaternary nitrogens is 1. The van der Waals surface area contributed by atoms with Gasteiger partial charge in [-0.25, -0.2) is 0 Å². The van der Waals surface area contributed by atoms with Gasteiger partial charge in [-0.05, 0) is 6.42 Å². The van der Waals surface area contributed by atoms with Gasteiger partial charge in [0.2, 0.25) is 0 Å². The highest BCUT2D eigenvalue weighted by Crippen LogP contribution is 2.20. The van der Waals surface area contributed by atoms with Crippen LogP contribution in [0, 0.1) is 11.8 Å². The molecule has 0 fully saturated rings. The smallest absolute Gasteiger partial charge is 0.125 e. The van der Waals surface area contributed by atoms with Crippen molar-refractivity contribution in [3.05, 3.63) is 12.2 Å². The molecule has 0 saturated carbocycles. The minimum atomic E-state index is 0.729. The summed E-state index contributed by atoms with van der Waals surface area (Å²) in [5, 5.41) is 0. The Morgan fingerprint density at radius 3 is 2.87 bits per heavy atom. The van der Waals surface area contributed by atoms with Crippen LogP contribution in [0.4, 0.5) is 0 Å². The van der Waals surface area contributed by atoms with E-state index in [1.54, 1.807) is 0 Å². The molecular weight excluding hydrogens is 202 g/mol. The van der Waals surface area contributed by atoms with E-state index in [9.17, 15) is 0 Å². The highest BCUT2D eigenvalue weighted by molar-refractivity contribution is 7.99. The first-order chi connectivity index (χ1) is 7.02. The summed E-state index contributed by atoms with van der Waals surface area (Å²) in [7, 11) is 2.42. The Labute approximate surface area is 99.5 Å². The molecule has 0 aliphatic carbocycles. The molecule has 1 rings (SSSR count). The van der Waals surface area contributed by atoms with Crippen molar-refractivity contribution in [2.24, 2.45) is 11.8 Å². The summed E-state index contributed by atoms with van der Waals surface area (Å²) in [6.45, 7) is 9.62. The van der Waals surface area contributed by atoms with Crippen LogP contribution in [0.5, 0.6) is 0 Å². The Bertz CT molecular complexity index is 213. The summed E-state index contributed by atoms with van der Waals surface area (Å²) in [6.07, 6.45) is 6.02. The Morgan fingerprint density at radius 2 is 2.20 bits per heavy atom. The molecule has 1 unspecified atom stereocenters. The lowest BCUT2D eigenvalue weighted by atomic mass is 10.1. The maximum atomic E-state index is 2.42. The Hall–Kier alpha value is 0.0500.